The molecule has 0 spiro atoms. The highest BCUT2D eigenvalue weighted by Gasteiger charge is 2.38. The summed E-state index contributed by atoms with van der Waals surface area (Å²) in [5.74, 6) is -0.890. The van der Waals surface area contributed by atoms with Crippen molar-refractivity contribution in [2.75, 3.05) is 0 Å². The lowest BCUT2D eigenvalue weighted by atomic mass is 9.77. The molecule has 0 bridgehead atoms. The van der Waals surface area contributed by atoms with Gasteiger partial charge in [-0.25, -0.2) is 0 Å². The molecule has 2 atom stereocenters. The fourth-order valence-corrected chi connectivity index (χ4v) is 1.37. The molecular weight excluding hydrogens is 178 g/mol. The number of carboxylic acid groups (broad SMARTS) is 1. The number of hydrogen-bond donors (Lipinski definition) is 2. The van der Waals surface area contributed by atoms with Gasteiger partial charge >= 0.3 is 5.97 Å². The Morgan fingerprint density at radius 1 is 1.43 bits per heavy atom. The Kier molecular flexibility index (Phi) is 2.91. The first kappa shape index (κ1) is 10.7. The third-order valence-corrected chi connectivity index (χ3v) is 2.73. The van der Waals surface area contributed by atoms with Gasteiger partial charge in [-0.3, -0.25) is 4.79 Å². The second-order valence-electron chi connectivity index (χ2n) is 3.66. The van der Waals surface area contributed by atoms with Crippen molar-refractivity contribution in [1.29, 1.82) is 0 Å². The predicted octanol–water partition coefficient (Wildman–Crippen LogP) is 1.38. The molecule has 0 fully saturated rings. The quantitative estimate of drug-likeness (QED) is 0.762. The first-order chi connectivity index (χ1) is 6.49. The molecular formula is C11H15NO2. The molecule has 14 heavy (non-hydrogen) atoms. The van der Waals surface area contributed by atoms with E-state index in [1.165, 1.54) is 0 Å². The van der Waals surface area contributed by atoms with E-state index in [1.54, 1.807) is 26.0 Å². The molecule has 0 heterocycles. The fourth-order valence-electron chi connectivity index (χ4n) is 1.37. The molecule has 1 rings (SSSR count). The van der Waals surface area contributed by atoms with E-state index in [1.807, 2.05) is 18.2 Å². The van der Waals surface area contributed by atoms with Gasteiger partial charge in [0.1, 0.15) is 5.41 Å². The Morgan fingerprint density at radius 2 is 1.93 bits per heavy atom. The van der Waals surface area contributed by atoms with Crippen LogP contribution in [0.15, 0.2) is 30.3 Å². The third kappa shape index (κ3) is 1.63. The molecule has 76 valence electrons. The maximum atomic E-state index is 11.2. The molecule has 0 aliphatic carbocycles. The zero-order valence-corrected chi connectivity index (χ0v) is 8.40. The Morgan fingerprint density at radius 3 is 2.29 bits per heavy atom. The fraction of sp³-hybridized carbons (Fsp3) is 0.364. The zero-order chi connectivity index (χ0) is 10.8. The topological polar surface area (TPSA) is 63.3 Å². The van der Waals surface area contributed by atoms with Crippen molar-refractivity contribution in [1.82, 2.24) is 0 Å². The number of carbonyl (C=O) groups is 1. The summed E-state index contributed by atoms with van der Waals surface area (Å²) in [6.07, 6.45) is 0. The van der Waals surface area contributed by atoms with Crippen LogP contribution in [0.5, 0.6) is 0 Å². The van der Waals surface area contributed by atoms with Gasteiger partial charge in [-0.15, -0.1) is 0 Å². The van der Waals surface area contributed by atoms with Crippen molar-refractivity contribution >= 4 is 5.97 Å². The molecule has 0 saturated carbocycles. The van der Waals surface area contributed by atoms with Gasteiger partial charge in [-0.05, 0) is 19.4 Å². The zero-order valence-electron chi connectivity index (χ0n) is 8.40. The molecule has 0 amide bonds. The molecule has 0 aromatic heterocycles. The minimum atomic E-state index is -1.01. The summed E-state index contributed by atoms with van der Waals surface area (Å²) in [4.78, 5) is 11.2. The van der Waals surface area contributed by atoms with Crippen LogP contribution in [0.25, 0.3) is 0 Å². The molecule has 0 radical (unpaired) electrons. The van der Waals surface area contributed by atoms with Gasteiger partial charge in [0, 0.05) is 6.04 Å². The summed E-state index contributed by atoms with van der Waals surface area (Å²) < 4.78 is 0. The van der Waals surface area contributed by atoms with E-state index >= 15 is 0 Å². The molecule has 1 aromatic carbocycles. The Bertz CT molecular complexity index is 321. The normalized spacial score (nSPS) is 17.1. The highest BCUT2D eigenvalue weighted by atomic mass is 16.4. The van der Waals surface area contributed by atoms with Crippen LogP contribution in [-0.2, 0) is 10.2 Å². The SMILES string of the molecule is CC(N)C(C)(C(=O)O)c1ccccc1. The summed E-state index contributed by atoms with van der Waals surface area (Å²) in [5.41, 5.74) is 5.45. The highest BCUT2D eigenvalue weighted by Crippen LogP contribution is 2.26. The highest BCUT2D eigenvalue weighted by molar-refractivity contribution is 5.81. The smallest absolute Gasteiger partial charge is 0.315 e. The van der Waals surface area contributed by atoms with Gasteiger partial charge in [-0.2, -0.15) is 0 Å². The summed E-state index contributed by atoms with van der Waals surface area (Å²) >= 11 is 0. The molecule has 1 aromatic rings. The maximum absolute atomic E-state index is 11.2. The van der Waals surface area contributed by atoms with Gasteiger partial charge in [0.25, 0.3) is 0 Å². The number of hydrogen-bond acceptors (Lipinski definition) is 2. The first-order valence-electron chi connectivity index (χ1n) is 4.54. The lowest BCUT2D eigenvalue weighted by Gasteiger charge is -2.29. The number of nitrogens with two attached hydrogens (primary N) is 1. The van der Waals surface area contributed by atoms with Crippen LogP contribution in [0.3, 0.4) is 0 Å². The lowest BCUT2D eigenvalue weighted by molar-refractivity contribution is -0.143. The van der Waals surface area contributed by atoms with E-state index in [0.29, 0.717) is 0 Å². The van der Waals surface area contributed by atoms with Crippen molar-refractivity contribution in [3.8, 4) is 0 Å². The van der Waals surface area contributed by atoms with E-state index in [-0.39, 0.29) is 0 Å². The largest absolute Gasteiger partial charge is 0.481 e. The average molecular weight is 193 g/mol. The van der Waals surface area contributed by atoms with Crippen molar-refractivity contribution in [2.24, 2.45) is 5.73 Å². The molecule has 3 N–H and O–H groups in total. The first-order valence-corrected chi connectivity index (χ1v) is 4.54. The van der Waals surface area contributed by atoms with Gasteiger partial charge in [0.05, 0.1) is 0 Å². The van der Waals surface area contributed by atoms with Crippen LogP contribution in [0, 0.1) is 0 Å². The lowest BCUT2D eigenvalue weighted by Crippen LogP contribution is -2.47. The van der Waals surface area contributed by atoms with Crippen LogP contribution in [0.4, 0.5) is 0 Å². The minimum absolute atomic E-state index is 0.428. The van der Waals surface area contributed by atoms with Crippen LogP contribution in [-0.4, -0.2) is 17.1 Å². The Balaban J connectivity index is 3.20. The van der Waals surface area contributed by atoms with E-state index in [2.05, 4.69) is 0 Å². The summed E-state index contributed by atoms with van der Waals surface area (Å²) in [7, 11) is 0. The van der Waals surface area contributed by atoms with Gasteiger partial charge in [-0.1, -0.05) is 30.3 Å². The Labute approximate surface area is 83.6 Å². The molecule has 0 aliphatic heterocycles. The number of aliphatic carboxylic acids is 1. The van der Waals surface area contributed by atoms with Crippen LogP contribution >= 0.6 is 0 Å². The van der Waals surface area contributed by atoms with Crippen molar-refractivity contribution in [3.63, 3.8) is 0 Å². The number of rotatable bonds is 3. The number of carboxylic acids is 1. The van der Waals surface area contributed by atoms with Gasteiger partial charge < -0.3 is 10.8 Å². The standard InChI is InChI=1S/C11H15NO2/c1-8(12)11(2,10(13)14)9-6-4-3-5-7-9/h3-8H,12H2,1-2H3,(H,13,14). The second-order valence-corrected chi connectivity index (χ2v) is 3.66. The van der Waals surface area contributed by atoms with Crippen molar-refractivity contribution in [3.05, 3.63) is 35.9 Å². The van der Waals surface area contributed by atoms with Crippen LogP contribution < -0.4 is 5.73 Å². The minimum Gasteiger partial charge on any atom is -0.481 e. The molecule has 3 nitrogen and oxygen atoms in total. The van der Waals surface area contributed by atoms with E-state index < -0.39 is 17.4 Å². The summed E-state index contributed by atoms with van der Waals surface area (Å²) in [5, 5.41) is 9.18. The molecule has 0 saturated heterocycles. The van der Waals surface area contributed by atoms with Crippen molar-refractivity contribution < 1.29 is 9.90 Å². The van der Waals surface area contributed by atoms with Gasteiger partial charge in [0.15, 0.2) is 0 Å². The third-order valence-electron chi connectivity index (χ3n) is 2.73. The van der Waals surface area contributed by atoms with E-state index in [9.17, 15) is 9.90 Å². The number of benzene rings is 1. The van der Waals surface area contributed by atoms with Crippen LogP contribution in [0.2, 0.25) is 0 Å². The van der Waals surface area contributed by atoms with Crippen LogP contribution in [0.1, 0.15) is 19.4 Å². The molecule has 0 aliphatic rings. The average Bonchev–Trinajstić information content (AvgIpc) is 2.17. The second kappa shape index (κ2) is 3.80. The van der Waals surface area contributed by atoms with Gasteiger partial charge in [0.2, 0.25) is 0 Å². The van der Waals surface area contributed by atoms with E-state index in [0.717, 1.165) is 5.56 Å². The molecule has 3 heteroatoms. The Hall–Kier alpha value is -1.35. The monoisotopic (exact) mass is 193 g/mol. The predicted molar refractivity (Wildman–Crippen MR) is 55.1 cm³/mol. The van der Waals surface area contributed by atoms with E-state index in [4.69, 9.17) is 5.73 Å². The maximum Gasteiger partial charge on any atom is 0.315 e. The summed E-state index contributed by atoms with van der Waals surface area (Å²) in [6, 6.07) is 8.64. The summed E-state index contributed by atoms with van der Waals surface area (Å²) in [6.45, 7) is 3.36. The van der Waals surface area contributed by atoms with Crippen molar-refractivity contribution in [2.45, 2.75) is 25.3 Å². The molecule has 2 unspecified atom stereocenters.